The summed E-state index contributed by atoms with van der Waals surface area (Å²) in [5, 5.41) is 7.64. The smallest absolute Gasteiger partial charge is 0.226 e. The lowest BCUT2D eigenvalue weighted by atomic mass is 9.85. The molecule has 0 amide bonds. The van der Waals surface area contributed by atoms with Crippen LogP contribution in [0.2, 0.25) is 0 Å². The zero-order chi connectivity index (χ0) is 16.0. The highest BCUT2D eigenvalue weighted by molar-refractivity contribution is 5.99. The van der Waals surface area contributed by atoms with Gasteiger partial charge in [0.1, 0.15) is 12.4 Å². The van der Waals surface area contributed by atoms with Crippen LogP contribution in [0.4, 0.5) is 5.95 Å². The van der Waals surface area contributed by atoms with Gasteiger partial charge in [-0.15, -0.1) is 0 Å². The van der Waals surface area contributed by atoms with Gasteiger partial charge in [0.2, 0.25) is 5.95 Å². The van der Waals surface area contributed by atoms with Crippen LogP contribution in [-0.4, -0.2) is 20.5 Å². The molecule has 1 aliphatic heterocycles. The largest absolute Gasteiger partial charge is 0.328 e. The number of ketones is 1. The number of carbonyl (C=O) groups excluding carboxylic acids is 1. The topological polar surface area (TPSA) is 59.8 Å². The molecule has 1 N–H and O–H groups in total. The molecule has 1 atom stereocenters. The van der Waals surface area contributed by atoms with Gasteiger partial charge in [0, 0.05) is 17.7 Å². The Kier molecular flexibility index (Phi) is 3.29. The Balaban J connectivity index is 1.84. The first-order chi connectivity index (χ1) is 11.1. The lowest BCUT2D eigenvalue weighted by molar-refractivity contribution is -0.116. The third-order valence-electron chi connectivity index (χ3n) is 4.73. The van der Waals surface area contributed by atoms with E-state index in [1.54, 1.807) is 6.33 Å². The molecule has 0 saturated carbocycles. The molecule has 0 spiro atoms. The van der Waals surface area contributed by atoms with E-state index >= 15 is 0 Å². The van der Waals surface area contributed by atoms with Crippen molar-refractivity contribution in [1.82, 2.24) is 14.8 Å². The SMILES string of the molecule is CC(C)c1ccc(C2C3=C(CCCC3=O)Nc3ncnn32)cc1. The third kappa shape index (κ3) is 2.27. The van der Waals surface area contributed by atoms with E-state index in [1.165, 1.54) is 5.56 Å². The first kappa shape index (κ1) is 14.2. The molecule has 118 valence electrons. The van der Waals surface area contributed by atoms with E-state index in [4.69, 9.17) is 0 Å². The van der Waals surface area contributed by atoms with Gasteiger partial charge in [0.05, 0.1) is 0 Å². The maximum absolute atomic E-state index is 12.6. The normalized spacial score (nSPS) is 20.3. The molecule has 2 aromatic rings. The Labute approximate surface area is 135 Å². The van der Waals surface area contributed by atoms with Crippen LogP contribution in [0.15, 0.2) is 41.9 Å². The highest BCUT2D eigenvalue weighted by Gasteiger charge is 2.35. The molecule has 0 fully saturated rings. The molecule has 5 heteroatoms. The van der Waals surface area contributed by atoms with Crippen molar-refractivity contribution in [1.29, 1.82) is 0 Å². The van der Waals surface area contributed by atoms with Gasteiger partial charge in [0.15, 0.2) is 5.78 Å². The minimum absolute atomic E-state index is 0.169. The molecule has 1 aliphatic carbocycles. The molecular weight excluding hydrogens is 288 g/mol. The molecule has 2 heterocycles. The summed E-state index contributed by atoms with van der Waals surface area (Å²) in [6.07, 6.45) is 3.96. The monoisotopic (exact) mass is 308 g/mol. The van der Waals surface area contributed by atoms with Crippen LogP contribution in [-0.2, 0) is 4.79 Å². The number of hydrogen-bond acceptors (Lipinski definition) is 4. The zero-order valence-electron chi connectivity index (χ0n) is 13.4. The number of Topliss-reactive ketones (excluding diaryl/α,β-unsaturated/α-hetero) is 1. The minimum Gasteiger partial charge on any atom is -0.328 e. The maximum atomic E-state index is 12.6. The number of carbonyl (C=O) groups is 1. The van der Waals surface area contributed by atoms with Gasteiger partial charge in [-0.25, -0.2) is 4.68 Å². The van der Waals surface area contributed by atoms with Crippen molar-refractivity contribution in [3.8, 4) is 0 Å². The quantitative estimate of drug-likeness (QED) is 0.923. The van der Waals surface area contributed by atoms with Crippen molar-refractivity contribution in [3.63, 3.8) is 0 Å². The summed E-state index contributed by atoms with van der Waals surface area (Å²) in [5.41, 5.74) is 4.25. The minimum atomic E-state index is -0.169. The van der Waals surface area contributed by atoms with Gasteiger partial charge < -0.3 is 5.32 Å². The predicted molar refractivity (Wildman–Crippen MR) is 88.2 cm³/mol. The summed E-state index contributed by atoms with van der Waals surface area (Å²) in [5.74, 6) is 1.43. The van der Waals surface area contributed by atoms with Crippen LogP contribution in [0.1, 0.15) is 56.2 Å². The molecule has 4 rings (SSSR count). The zero-order valence-corrected chi connectivity index (χ0v) is 13.4. The molecule has 0 saturated heterocycles. The lowest BCUT2D eigenvalue weighted by Crippen LogP contribution is -2.31. The summed E-state index contributed by atoms with van der Waals surface area (Å²) in [7, 11) is 0. The van der Waals surface area contributed by atoms with Crippen LogP contribution in [0.3, 0.4) is 0 Å². The average molecular weight is 308 g/mol. The fraction of sp³-hybridized carbons (Fsp3) is 0.389. The molecule has 0 bridgehead atoms. The Morgan fingerprint density at radius 3 is 2.74 bits per heavy atom. The third-order valence-corrected chi connectivity index (χ3v) is 4.73. The van der Waals surface area contributed by atoms with Gasteiger partial charge in [-0.2, -0.15) is 10.1 Å². The van der Waals surface area contributed by atoms with Gasteiger partial charge in [0.25, 0.3) is 0 Å². The van der Waals surface area contributed by atoms with Crippen LogP contribution in [0.25, 0.3) is 0 Å². The van der Waals surface area contributed by atoms with Crippen molar-refractivity contribution in [2.75, 3.05) is 5.32 Å². The van der Waals surface area contributed by atoms with E-state index in [0.29, 0.717) is 12.3 Å². The van der Waals surface area contributed by atoms with E-state index in [-0.39, 0.29) is 11.8 Å². The summed E-state index contributed by atoms with van der Waals surface area (Å²) in [6.45, 7) is 4.36. The fourth-order valence-electron chi connectivity index (χ4n) is 3.47. The first-order valence-electron chi connectivity index (χ1n) is 8.18. The number of nitrogens with zero attached hydrogens (tertiary/aromatic N) is 3. The molecule has 1 aromatic carbocycles. The number of fused-ring (bicyclic) bond motifs is 1. The molecule has 1 aromatic heterocycles. The van der Waals surface area contributed by atoms with E-state index < -0.39 is 0 Å². The van der Waals surface area contributed by atoms with E-state index in [0.717, 1.165) is 35.6 Å². The van der Waals surface area contributed by atoms with Crippen molar-refractivity contribution < 1.29 is 4.79 Å². The van der Waals surface area contributed by atoms with Gasteiger partial charge in [-0.05, 0) is 29.9 Å². The van der Waals surface area contributed by atoms with Crippen LogP contribution < -0.4 is 5.32 Å². The Morgan fingerprint density at radius 1 is 1.22 bits per heavy atom. The Bertz CT molecular complexity index is 786. The maximum Gasteiger partial charge on any atom is 0.226 e. The summed E-state index contributed by atoms with van der Waals surface area (Å²) in [6, 6.07) is 8.35. The van der Waals surface area contributed by atoms with Crippen molar-refractivity contribution in [2.45, 2.75) is 45.1 Å². The summed E-state index contributed by atoms with van der Waals surface area (Å²) < 4.78 is 1.83. The molecule has 23 heavy (non-hydrogen) atoms. The fourth-order valence-corrected chi connectivity index (χ4v) is 3.47. The van der Waals surface area contributed by atoms with E-state index in [2.05, 4.69) is 53.5 Å². The van der Waals surface area contributed by atoms with Crippen molar-refractivity contribution >= 4 is 11.7 Å². The molecule has 0 radical (unpaired) electrons. The van der Waals surface area contributed by atoms with E-state index in [1.807, 2.05) is 4.68 Å². The number of anilines is 1. The molecule has 5 nitrogen and oxygen atoms in total. The number of allylic oxidation sites excluding steroid dienone is 2. The number of aromatic nitrogens is 3. The number of rotatable bonds is 2. The van der Waals surface area contributed by atoms with Crippen LogP contribution >= 0.6 is 0 Å². The lowest BCUT2D eigenvalue weighted by Gasteiger charge is -2.32. The van der Waals surface area contributed by atoms with Crippen LogP contribution in [0, 0.1) is 0 Å². The summed E-state index contributed by atoms with van der Waals surface area (Å²) >= 11 is 0. The second-order valence-electron chi connectivity index (χ2n) is 6.55. The average Bonchev–Trinajstić information content (AvgIpc) is 3.01. The predicted octanol–water partition coefficient (Wildman–Crippen LogP) is 3.42. The number of hydrogen-bond donors (Lipinski definition) is 1. The standard InChI is InChI=1S/C18H20N4O/c1-11(2)12-6-8-13(9-7-12)17-16-14(4-3-5-15(16)23)21-18-19-10-20-22(17)18/h6-11,17H,3-5H2,1-2H3,(H,19,20,21). The molecular formula is C18H20N4O. The molecule has 1 unspecified atom stereocenters. The number of nitrogens with one attached hydrogen (secondary N) is 1. The Morgan fingerprint density at radius 2 is 2.00 bits per heavy atom. The van der Waals surface area contributed by atoms with Gasteiger partial charge in [-0.1, -0.05) is 38.1 Å². The van der Waals surface area contributed by atoms with Crippen molar-refractivity contribution in [3.05, 3.63) is 53.0 Å². The highest BCUT2D eigenvalue weighted by Crippen LogP contribution is 2.39. The highest BCUT2D eigenvalue weighted by atomic mass is 16.1. The summed E-state index contributed by atoms with van der Waals surface area (Å²) in [4.78, 5) is 16.8. The van der Waals surface area contributed by atoms with Crippen molar-refractivity contribution in [2.24, 2.45) is 0 Å². The number of benzene rings is 1. The van der Waals surface area contributed by atoms with Crippen LogP contribution in [0.5, 0.6) is 0 Å². The molecule has 2 aliphatic rings. The first-order valence-corrected chi connectivity index (χ1v) is 8.18. The Hall–Kier alpha value is -2.43. The van der Waals surface area contributed by atoms with Gasteiger partial charge >= 0.3 is 0 Å². The van der Waals surface area contributed by atoms with E-state index in [9.17, 15) is 4.79 Å². The second-order valence-corrected chi connectivity index (χ2v) is 6.55. The van der Waals surface area contributed by atoms with Gasteiger partial charge in [-0.3, -0.25) is 4.79 Å². The second kappa shape index (κ2) is 5.33.